The van der Waals surface area contributed by atoms with Crippen LogP contribution in [0.4, 0.5) is 0 Å². The Kier molecular flexibility index (Phi) is 13.8. The molecule has 42 heavy (non-hydrogen) atoms. The number of hydrogen-bond donors (Lipinski definition) is 10. The standard InChI is InChI=1S/C24H38N6O12/c1-9-19(37)27-13(5-7-15(33)34)21(39)30-18(12(4)32)24(42)26-10(2)20(38)28-14(6-8-16(35)36)22(40)29-17(11(3)31)23(41)25-9/h9-14,17-18,31-32H,5-8H2,1-4H3,(H,25,41)(H,26,42)(H,27,37)(H,28,38)(H,29,40)(H,30,39)(H,33,34)(H,35,36)/t9-,10-,11+,12+,13-,14-,17-,18-/m0/s1. The molecule has 6 amide bonds. The molecule has 0 unspecified atom stereocenters. The summed E-state index contributed by atoms with van der Waals surface area (Å²) in [6.45, 7) is 4.69. The Labute approximate surface area is 240 Å². The number of hydrogen-bond acceptors (Lipinski definition) is 10. The van der Waals surface area contributed by atoms with Crippen LogP contribution in [0.1, 0.15) is 53.4 Å². The van der Waals surface area contributed by atoms with E-state index in [1.807, 2.05) is 0 Å². The third kappa shape index (κ3) is 11.3. The first-order valence-electron chi connectivity index (χ1n) is 13.1. The number of carbonyl (C=O) groups excluding carboxylic acids is 6. The summed E-state index contributed by atoms with van der Waals surface area (Å²) >= 11 is 0. The lowest BCUT2D eigenvalue weighted by atomic mass is 10.1. The van der Waals surface area contributed by atoms with Crippen LogP contribution in [0.15, 0.2) is 0 Å². The number of carbonyl (C=O) groups is 8. The van der Waals surface area contributed by atoms with E-state index in [0.29, 0.717) is 0 Å². The summed E-state index contributed by atoms with van der Waals surface area (Å²) < 4.78 is 0. The third-order valence-electron chi connectivity index (χ3n) is 6.19. The number of aliphatic carboxylic acids is 2. The molecule has 0 aromatic heterocycles. The van der Waals surface area contributed by atoms with Gasteiger partial charge in [-0.15, -0.1) is 0 Å². The normalized spacial score (nSPS) is 28.3. The predicted octanol–water partition coefficient (Wildman–Crippen LogP) is -4.56. The molecule has 0 bridgehead atoms. The largest absolute Gasteiger partial charge is 0.481 e. The van der Waals surface area contributed by atoms with E-state index < -0.39 is 122 Å². The molecule has 1 saturated heterocycles. The first-order valence-corrected chi connectivity index (χ1v) is 13.1. The molecule has 0 saturated carbocycles. The molecule has 18 heteroatoms. The van der Waals surface area contributed by atoms with Crippen molar-refractivity contribution in [2.45, 2.75) is 102 Å². The Bertz CT molecular complexity index is 983. The number of rotatable bonds is 8. The lowest BCUT2D eigenvalue weighted by molar-refractivity contribution is -0.140. The molecule has 1 aliphatic rings. The minimum atomic E-state index is -1.68. The highest BCUT2D eigenvalue weighted by Crippen LogP contribution is 2.06. The molecule has 1 fully saturated rings. The van der Waals surface area contributed by atoms with Crippen molar-refractivity contribution in [1.82, 2.24) is 31.9 Å². The van der Waals surface area contributed by atoms with Gasteiger partial charge >= 0.3 is 11.9 Å². The maximum atomic E-state index is 13.0. The van der Waals surface area contributed by atoms with Gasteiger partial charge in [-0.2, -0.15) is 0 Å². The first kappa shape index (κ1) is 35.7. The summed E-state index contributed by atoms with van der Waals surface area (Å²) in [4.78, 5) is 99.6. The van der Waals surface area contributed by atoms with Crippen LogP contribution in [-0.2, 0) is 38.4 Å². The highest BCUT2D eigenvalue weighted by Gasteiger charge is 2.35. The summed E-state index contributed by atoms with van der Waals surface area (Å²) in [5, 5.41) is 51.8. The monoisotopic (exact) mass is 602 g/mol. The zero-order valence-corrected chi connectivity index (χ0v) is 23.5. The number of carboxylic acid groups (broad SMARTS) is 2. The van der Waals surface area contributed by atoms with Crippen LogP contribution in [0.3, 0.4) is 0 Å². The van der Waals surface area contributed by atoms with Crippen molar-refractivity contribution in [2.75, 3.05) is 0 Å². The topological polar surface area (TPSA) is 290 Å². The Morgan fingerprint density at radius 3 is 1.14 bits per heavy atom. The molecule has 0 aromatic carbocycles. The van der Waals surface area contributed by atoms with Gasteiger partial charge in [-0.1, -0.05) is 0 Å². The molecule has 0 spiro atoms. The number of carboxylic acids is 2. The van der Waals surface area contributed by atoms with E-state index in [1.54, 1.807) is 0 Å². The summed E-state index contributed by atoms with van der Waals surface area (Å²) in [5.74, 6) is -8.75. The van der Waals surface area contributed by atoms with E-state index in [4.69, 9.17) is 10.2 Å². The average Bonchev–Trinajstić information content (AvgIpc) is 2.88. The summed E-state index contributed by atoms with van der Waals surface area (Å²) in [6, 6.07) is -9.22. The maximum Gasteiger partial charge on any atom is 0.303 e. The van der Waals surface area contributed by atoms with E-state index in [-0.39, 0.29) is 0 Å². The summed E-state index contributed by atoms with van der Waals surface area (Å²) in [7, 11) is 0. The Balaban J connectivity index is 3.49. The van der Waals surface area contributed by atoms with Gasteiger partial charge < -0.3 is 52.3 Å². The molecule has 1 heterocycles. The summed E-state index contributed by atoms with van der Waals surface area (Å²) in [6.07, 6.45) is -5.11. The van der Waals surface area contributed by atoms with Crippen LogP contribution >= 0.6 is 0 Å². The zero-order chi connectivity index (χ0) is 32.3. The van der Waals surface area contributed by atoms with Crippen molar-refractivity contribution in [1.29, 1.82) is 0 Å². The highest BCUT2D eigenvalue weighted by atomic mass is 16.4. The number of nitrogens with one attached hydrogen (secondary N) is 6. The van der Waals surface area contributed by atoms with Crippen molar-refractivity contribution >= 4 is 47.4 Å². The van der Waals surface area contributed by atoms with Crippen LogP contribution in [0.25, 0.3) is 0 Å². The fourth-order valence-electron chi connectivity index (χ4n) is 3.72. The molecular weight excluding hydrogens is 564 g/mol. The molecule has 0 aromatic rings. The van der Waals surface area contributed by atoms with Crippen molar-refractivity contribution in [3.8, 4) is 0 Å². The Morgan fingerprint density at radius 2 is 0.881 bits per heavy atom. The Morgan fingerprint density at radius 1 is 0.571 bits per heavy atom. The van der Waals surface area contributed by atoms with Gasteiger partial charge in [-0.25, -0.2) is 0 Å². The van der Waals surface area contributed by atoms with Crippen LogP contribution in [0, 0.1) is 0 Å². The molecule has 1 aliphatic heterocycles. The number of aliphatic hydroxyl groups excluding tert-OH is 2. The van der Waals surface area contributed by atoms with E-state index in [1.165, 1.54) is 13.8 Å². The lowest BCUT2D eigenvalue weighted by Gasteiger charge is -2.29. The van der Waals surface area contributed by atoms with Gasteiger partial charge in [0.25, 0.3) is 0 Å². The van der Waals surface area contributed by atoms with Gasteiger partial charge in [0.15, 0.2) is 0 Å². The number of amides is 6. The third-order valence-corrected chi connectivity index (χ3v) is 6.19. The molecule has 0 radical (unpaired) electrons. The van der Waals surface area contributed by atoms with Gasteiger partial charge in [0.2, 0.25) is 35.4 Å². The fraction of sp³-hybridized carbons (Fsp3) is 0.667. The van der Waals surface area contributed by atoms with Crippen molar-refractivity contribution in [3.05, 3.63) is 0 Å². The SMILES string of the molecule is C[C@@H]1NC(=O)[C@H]([C@@H](C)O)NC(=O)[C@H](CCC(=O)O)NC(=O)[C@H](C)NC(=O)[C@H]([C@@H](C)O)NC(=O)[C@H](CCC(=O)O)NC1=O. The summed E-state index contributed by atoms with van der Waals surface area (Å²) in [5.41, 5.74) is 0. The van der Waals surface area contributed by atoms with Gasteiger partial charge in [-0.05, 0) is 40.5 Å². The van der Waals surface area contributed by atoms with Crippen LogP contribution in [0.5, 0.6) is 0 Å². The Hall–Kier alpha value is -4.32. The van der Waals surface area contributed by atoms with E-state index in [0.717, 1.165) is 13.8 Å². The minimum absolute atomic E-state index is 0.440. The van der Waals surface area contributed by atoms with E-state index >= 15 is 0 Å². The molecule has 1 rings (SSSR count). The van der Waals surface area contributed by atoms with Crippen LogP contribution in [0.2, 0.25) is 0 Å². The quantitative estimate of drug-likeness (QED) is 0.126. The molecule has 10 N–H and O–H groups in total. The molecule has 236 valence electrons. The highest BCUT2D eigenvalue weighted by molar-refractivity contribution is 5.98. The second-order valence-electron chi connectivity index (χ2n) is 9.90. The van der Waals surface area contributed by atoms with Gasteiger partial charge in [0, 0.05) is 12.8 Å². The van der Waals surface area contributed by atoms with Gasteiger partial charge in [-0.3, -0.25) is 38.4 Å². The van der Waals surface area contributed by atoms with Crippen molar-refractivity contribution in [2.24, 2.45) is 0 Å². The smallest absolute Gasteiger partial charge is 0.303 e. The maximum absolute atomic E-state index is 13.0. The van der Waals surface area contributed by atoms with Gasteiger partial charge in [0.1, 0.15) is 36.3 Å². The van der Waals surface area contributed by atoms with E-state index in [2.05, 4.69) is 31.9 Å². The average molecular weight is 603 g/mol. The van der Waals surface area contributed by atoms with Crippen molar-refractivity contribution < 1.29 is 58.8 Å². The zero-order valence-electron chi connectivity index (χ0n) is 23.5. The molecular formula is C24H38N6O12. The van der Waals surface area contributed by atoms with Crippen molar-refractivity contribution in [3.63, 3.8) is 0 Å². The second-order valence-corrected chi connectivity index (χ2v) is 9.90. The molecule has 0 aliphatic carbocycles. The fourth-order valence-corrected chi connectivity index (χ4v) is 3.72. The van der Waals surface area contributed by atoms with Gasteiger partial charge in [0.05, 0.1) is 12.2 Å². The lowest BCUT2D eigenvalue weighted by Crippen LogP contribution is -2.63. The predicted molar refractivity (Wildman–Crippen MR) is 140 cm³/mol. The molecule has 8 atom stereocenters. The minimum Gasteiger partial charge on any atom is -0.481 e. The van der Waals surface area contributed by atoms with Crippen LogP contribution in [-0.4, -0.2) is 116 Å². The molecule has 18 nitrogen and oxygen atoms in total. The second kappa shape index (κ2) is 16.2. The number of aliphatic hydroxyl groups is 2. The first-order chi connectivity index (χ1) is 19.4. The van der Waals surface area contributed by atoms with E-state index in [9.17, 15) is 48.6 Å². The van der Waals surface area contributed by atoms with Crippen LogP contribution < -0.4 is 31.9 Å².